The maximum atomic E-state index is 9.12. The zero-order chi connectivity index (χ0) is 13.5. The second-order valence-corrected chi connectivity index (χ2v) is 4.25. The molecule has 0 unspecified atom stereocenters. The molecule has 2 aromatic heterocycles. The maximum Gasteiger partial charge on any atom is 0.155 e. The molecule has 19 heavy (non-hydrogen) atoms. The Morgan fingerprint density at radius 1 is 1.37 bits per heavy atom. The Hall–Kier alpha value is -2.35. The van der Waals surface area contributed by atoms with Gasteiger partial charge in [-0.1, -0.05) is 25.8 Å². The number of pyridine rings is 1. The van der Waals surface area contributed by atoms with Crippen molar-refractivity contribution in [3.8, 4) is 11.9 Å². The smallest absolute Gasteiger partial charge is 0.155 e. The lowest BCUT2D eigenvalue weighted by atomic mass is 10.2. The molecule has 0 bridgehead atoms. The van der Waals surface area contributed by atoms with E-state index in [0.717, 1.165) is 18.8 Å². The highest BCUT2D eigenvalue weighted by molar-refractivity contribution is 5.54. The number of hydrogen-bond acceptors (Lipinski definition) is 4. The number of anilines is 1. The van der Waals surface area contributed by atoms with Crippen LogP contribution in [-0.4, -0.2) is 21.3 Å². The van der Waals surface area contributed by atoms with Crippen molar-refractivity contribution in [1.82, 2.24) is 14.8 Å². The predicted molar refractivity (Wildman–Crippen MR) is 74.1 cm³/mol. The van der Waals surface area contributed by atoms with Gasteiger partial charge >= 0.3 is 0 Å². The van der Waals surface area contributed by atoms with Crippen LogP contribution >= 0.6 is 0 Å². The molecule has 0 aliphatic carbocycles. The highest BCUT2D eigenvalue weighted by atomic mass is 15.4. The van der Waals surface area contributed by atoms with Gasteiger partial charge < -0.3 is 5.32 Å². The Bertz CT molecular complexity index is 553. The molecule has 0 spiro atoms. The summed E-state index contributed by atoms with van der Waals surface area (Å²) in [4.78, 5) is 4.25. The highest BCUT2D eigenvalue weighted by Crippen LogP contribution is 2.18. The van der Waals surface area contributed by atoms with Crippen LogP contribution in [-0.2, 0) is 0 Å². The van der Waals surface area contributed by atoms with E-state index >= 15 is 0 Å². The van der Waals surface area contributed by atoms with Crippen LogP contribution in [0.15, 0.2) is 30.6 Å². The Morgan fingerprint density at radius 2 is 2.26 bits per heavy atom. The molecule has 0 saturated carbocycles. The number of nitrogens with one attached hydrogen (secondary N) is 1. The van der Waals surface area contributed by atoms with Gasteiger partial charge in [0.05, 0.1) is 6.20 Å². The summed E-state index contributed by atoms with van der Waals surface area (Å²) in [5.41, 5.74) is 0.544. The van der Waals surface area contributed by atoms with Crippen LogP contribution < -0.4 is 5.32 Å². The van der Waals surface area contributed by atoms with Gasteiger partial charge in [-0.25, -0.2) is 4.98 Å². The molecule has 0 radical (unpaired) electrons. The first kappa shape index (κ1) is 13.1. The minimum Gasteiger partial charge on any atom is -0.369 e. The van der Waals surface area contributed by atoms with Crippen LogP contribution in [0.3, 0.4) is 0 Å². The molecular formula is C14H17N5. The van der Waals surface area contributed by atoms with Gasteiger partial charge in [-0.05, 0) is 18.6 Å². The number of unbranched alkanes of at least 4 members (excludes halogenated alkanes) is 2. The molecule has 2 rings (SSSR count). The molecule has 98 valence electrons. The molecule has 5 nitrogen and oxygen atoms in total. The summed E-state index contributed by atoms with van der Waals surface area (Å²) in [5.74, 6) is 1.43. The largest absolute Gasteiger partial charge is 0.369 e. The fourth-order valence-corrected chi connectivity index (χ4v) is 1.83. The summed E-state index contributed by atoms with van der Waals surface area (Å²) in [6.07, 6.45) is 6.70. The second-order valence-electron chi connectivity index (χ2n) is 4.25. The number of rotatable bonds is 6. The Labute approximate surface area is 112 Å². The zero-order valence-electron chi connectivity index (χ0n) is 11.0. The van der Waals surface area contributed by atoms with Gasteiger partial charge in [-0.2, -0.15) is 15.0 Å². The van der Waals surface area contributed by atoms with Crippen LogP contribution in [0, 0.1) is 11.3 Å². The average Bonchev–Trinajstić information content (AvgIpc) is 2.87. The van der Waals surface area contributed by atoms with Crippen molar-refractivity contribution in [2.24, 2.45) is 0 Å². The fourth-order valence-electron chi connectivity index (χ4n) is 1.83. The van der Waals surface area contributed by atoms with E-state index in [-0.39, 0.29) is 0 Å². The first-order valence-corrected chi connectivity index (χ1v) is 6.50. The standard InChI is InChI=1S/C14H17N5/c1-2-3-5-9-17-14-12(10-15)11-18-19(14)13-7-4-6-8-16-13/h4,6-8,11,17H,2-3,5,9H2,1H3. The number of nitriles is 1. The topological polar surface area (TPSA) is 66.5 Å². The second kappa shape index (κ2) is 6.55. The van der Waals surface area contributed by atoms with Gasteiger partial charge in [-0.15, -0.1) is 0 Å². The van der Waals surface area contributed by atoms with Crippen LogP contribution in [0.4, 0.5) is 5.82 Å². The lowest BCUT2D eigenvalue weighted by Crippen LogP contribution is -2.09. The molecule has 5 heteroatoms. The normalized spacial score (nSPS) is 10.1. The van der Waals surface area contributed by atoms with Gasteiger partial charge in [-0.3, -0.25) is 0 Å². The highest BCUT2D eigenvalue weighted by Gasteiger charge is 2.11. The Balaban J connectivity index is 2.20. The molecule has 2 aromatic rings. The molecule has 0 fully saturated rings. The van der Waals surface area contributed by atoms with E-state index in [9.17, 15) is 0 Å². The van der Waals surface area contributed by atoms with Gasteiger partial charge in [0, 0.05) is 12.7 Å². The molecule has 0 aromatic carbocycles. The van der Waals surface area contributed by atoms with Crippen molar-refractivity contribution in [3.63, 3.8) is 0 Å². The maximum absolute atomic E-state index is 9.12. The van der Waals surface area contributed by atoms with Crippen LogP contribution in [0.25, 0.3) is 5.82 Å². The first-order chi connectivity index (χ1) is 9.36. The van der Waals surface area contributed by atoms with Gasteiger partial charge in [0.1, 0.15) is 17.5 Å². The third-order valence-electron chi connectivity index (χ3n) is 2.83. The molecule has 0 aliphatic rings. The average molecular weight is 255 g/mol. The lowest BCUT2D eigenvalue weighted by molar-refractivity contribution is 0.737. The van der Waals surface area contributed by atoms with E-state index in [4.69, 9.17) is 5.26 Å². The fraction of sp³-hybridized carbons (Fsp3) is 0.357. The van der Waals surface area contributed by atoms with Gasteiger partial charge in [0.2, 0.25) is 0 Å². The van der Waals surface area contributed by atoms with Crippen LogP contribution in [0.5, 0.6) is 0 Å². The monoisotopic (exact) mass is 255 g/mol. The van der Waals surface area contributed by atoms with Gasteiger partial charge in [0.25, 0.3) is 0 Å². The minimum absolute atomic E-state index is 0.544. The molecule has 0 saturated heterocycles. The summed E-state index contributed by atoms with van der Waals surface area (Å²) >= 11 is 0. The van der Waals surface area contributed by atoms with Crippen molar-refractivity contribution < 1.29 is 0 Å². The molecule has 0 aliphatic heterocycles. The molecule has 0 amide bonds. The summed E-state index contributed by atoms with van der Waals surface area (Å²) in [5, 5.41) is 16.6. The number of aromatic nitrogens is 3. The third-order valence-corrected chi connectivity index (χ3v) is 2.83. The summed E-state index contributed by atoms with van der Waals surface area (Å²) in [6, 6.07) is 7.77. The zero-order valence-corrected chi connectivity index (χ0v) is 11.0. The molecule has 1 N–H and O–H groups in total. The predicted octanol–water partition coefficient (Wildman–Crippen LogP) is 2.74. The van der Waals surface area contributed by atoms with E-state index in [1.807, 2.05) is 18.2 Å². The quantitative estimate of drug-likeness (QED) is 0.806. The summed E-state index contributed by atoms with van der Waals surface area (Å²) in [7, 11) is 0. The van der Waals surface area contributed by atoms with Crippen molar-refractivity contribution in [2.75, 3.05) is 11.9 Å². The Kier molecular flexibility index (Phi) is 4.51. The summed E-state index contributed by atoms with van der Waals surface area (Å²) < 4.78 is 1.67. The molecular weight excluding hydrogens is 238 g/mol. The van der Waals surface area contributed by atoms with E-state index in [0.29, 0.717) is 11.4 Å². The number of hydrogen-bond donors (Lipinski definition) is 1. The van der Waals surface area contributed by atoms with Crippen molar-refractivity contribution in [2.45, 2.75) is 26.2 Å². The van der Waals surface area contributed by atoms with Crippen molar-refractivity contribution >= 4 is 5.82 Å². The Morgan fingerprint density at radius 3 is 2.95 bits per heavy atom. The van der Waals surface area contributed by atoms with Crippen molar-refractivity contribution in [1.29, 1.82) is 5.26 Å². The minimum atomic E-state index is 0.544. The van der Waals surface area contributed by atoms with Gasteiger partial charge in [0.15, 0.2) is 5.82 Å². The van der Waals surface area contributed by atoms with Crippen LogP contribution in [0.1, 0.15) is 31.7 Å². The molecule has 0 atom stereocenters. The van der Waals surface area contributed by atoms with E-state index < -0.39 is 0 Å². The summed E-state index contributed by atoms with van der Waals surface area (Å²) in [6.45, 7) is 3.00. The third kappa shape index (κ3) is 3.10. The first-order valence-electron chi connectivity index (χ1n) is 6.50. The molecule has 2 heterocycles. The SMILES string of the molecule is CCCCCNc1c(C#N)cnn1-c1ccccn1. The van der Waals surface area contributed by atoms with Crippen LogP contribution in [0.2, 0.25) is 0 Å². The lowest BCUT2D eigenvalue weighted by Gasteiger charge is -2.09. The van der Waals surface area contributed by atoms with E-state index in [1.165, 1.54) is 12.8 Å². The number of nitrogens with zero attached hydrogens (tertiary/aromatic N) is 4. The van der Waals surface area contributed by atoms with E-state index in [2.05, 4.69) is 28.4 Å². The van der Waals surface area contributed by atoms with Crippen molar-refractivity contribution in [3.05, 3.63) is 36.2 Å². The van der Waals surface area contributed by atoms with E-state index in [1.54, 1.807) is 17.1 Å².